The summed E-state index contributed by atoms with van der Waals surface area (Å²) >= 11 is 0. The van der Waals surface area contributed by atoms with Crippen molar-refractivity contribution in [2.75, 3.05) is 26.7 Å². The largest absolute Gasteiger partial charge is 0.444 e. The molecular weight excluding hydrogens is 294 g/mol. The van der Waals surface area contributed by atoms with Crippen LogP contribution in [0.3, 0.4) is 0 Å². The van der Waals surface area contributed by atoms with E-state index in [1.54, 1.807) is 11.9 Å². The van der Waals surface area contributed by atoms with E-state index >= 15 is 0 Å². The summed E-state index contributed by atoms with van der Waals surface area (Å²) in [6.45, 7) is 11.5. The lowest BCUT2D eigenvalue weighted by Crippen LogP contribution is -2.44. The SMILES string of the molecule is CCN(C)C(=O)CNC(C)CC1CCCN1C(=O)OC(C)(C)C. The Balaban J connectivity index is 2.45. The van der Waals surface area contributed by atoms with E-state index in [9.17, 15) is 9.59 Å². The molecule has 1 rings (SSSR count). The van der Waals surface area contributed by atoms with Gasteiger partial charge >= 0.3 is 6.09 Å². The number of nitrogens with one attached hydrogen (secondary N) is 1. The molecule has 0 radical (unpaired) electrons. The average Bonchev–Trinajstić information content (AvgIpc) is 2.90. The predicted octanol–water partition coefficient (Wildman–Crippen LogP) is 2.23. The standard InChI is InChI=1S/C17H33N3O3/c1-7-19(6)15(21)12-18-13(2)11-14-9-8-10-20(14)16(22)23-17(3,4)5/h13-14,18H,7-12H2,1-6H3. The number of nitrogens with zero attached hydrogens (tertiary/aromatic N) is 2. The van der Waals surface area contributed by atoms with Crippen LogP contribution in [0.15, 0.2) is 0 Å². The van der Waals surface area contributed by atoms with E-state index < -0.39 is 5.60 Å². The number of carbonyl (C=O) groups excluding carboxylic acids is 2. The van der Waals surface area contributed by atoms with Gasteiger partial charge in [-0.15, -0.1) is 0 Å². The molecule has 2 atom stereocenters. The molecule has 134 valence electrons. The number of hydrogen-bond donors (Lipinski definition) is 1. The second-order valence-electron chi connectivity index (χ2n) is 7.40. The average molecular weight is 327 g/mol. The first kappa shape index (κ1) is 19.7. The molecular formula is C17H33N3O3. The fourth-order valence-corrected chi connectivity index (χ4v) is 2.71. The normalized spacial score (nSPS) is 19.6. The van der Waals surface area contributed by atoms with E-state index in [0.29, 0.717) is 13.1 Å². The number of hydrogen-bond acceptors (Lipinski definition) is 4. The Morgan fingerprint density at radius 2 is 2.04 bits per heavy atom. The summed E-state index contributed by atoms with van der Waals surface area (Å²) in [4.78, 5) is 27.6. The fraction of sp³-hybridized carbons (Fsp3) is 0.882. The Bertz CT molecular complexity index is 406. The van der Waals surface area contributed by atoms with Gasteiger partial charge < -0.3 is 19.9 Å². The van der Waals surface area contributed by atoms with Crippen LogP contribution in [0.2, 0.25) is 0 Å². The van der Waals surface area contributed by atoms with Crippen LogP contribution in [-0.4, -0.2) is 66.2 Å². The van der Waals surface area contributed by atoms with E-state index in [1.165, 1.54) is 0 Å². The number of rotatable bonds is 6. The number of likely N-dealkylation sites (tertiary alicyclic amines) is 1. The van der Waals surface area contributed by atoms with E-state index in [4.69, 9.17) is 4.74 Å². The Hall–Kier alpha value is -1.30. The summed E-state index contributed by atoms with van der Waals surface area (Å²) in [6.07, 6.45) is 2.61. The molecule has 1 aliphatic heterocycles. The van der Waals surface area contributed by atoms with Crippen molar-refractivity contribution in [1.29, 1.82) is 0 Å². The maximum absolute atomic E-state index is 12.3. The maximum atomic E-state index is 12.3. The van der Waals surface area contributed by atoms with Crippen LogP contribution in [0, 0.1) is 0 Å². The molecule has 0 saturated carbocycles. The molecule has 1 aliphatic rings. The van der Waals surface area contributed by atoms with Crippen molar-refractivity contribution in [3.05, 3.63) is 0 Å². The van der Waals surface area contributed by atoms with Gasteiger partial charge in [-0.2, -0.15) is 0 Å². The summed E-state index contributed by atoms with van der Waals surface area (Å²) in [5.74, 6) is 0.0924. The minimum Gasteiger partial charge on any atom is -0.444 e. The quantitative estimate of drug-likeness (QED) is 0.813. The van der Waals surface area contributed by atoms with Gasteiger partial charge in [0.2, 0.25) is 5.91 Å². The van der Waals surface area contributed by atoms with Crippen molar-refractivity contribution in [3.8, 4) is 0 Å². The maximum Gasteiger partial charge on any atom is 0.410 e. The third kappa shape index (κ3) is 6.77. The number of amides is 2. The zero-order valence-corrected chi connectivity index (χ0v) is 15.5. The topological polar surface area (TPSA) is 61.9 Å². The van der Waals surface area contributed by atoms with Crippen molar-refractivity contribution >= 4 is 12.0 Å². The summed E-state index contributed by atoms with van der Waals surface area (Å²) in [5.41, 5.74) is -0.467. The summed E-state index contributed by atoms with van der Waals surface area (Å²) in [6, 6.07) is 0.364. The number of likely N-dealkylation sites (N-methyl/N-ethyl adjacent to an activating group) is 1. The lowest BCUT2D eigenvalue weighted by atomic mass is 10.1. The van der Waals surface area contributed by atoms with Crippen molar-refractivity contribution in [1.82, 2.24) is 15.1 Å². The molecule has 0 aliphatic carbocycles. The third-order valence-corrected chi connectivity index (χ3v) is 4.13. The van der Waals surface area contributed by atoms with Gasteiger partial charge in [0.1, 0.15) is 5.60 Å². The second kappa shape index (κ2) is 8.52. The van der Waals surface area contributed by atoms with Gasteiger partial charge in [0.25, 0.3) is 0 Å². The number of ether oxygens (including phenoxy) is 1. The van der Waals surface area contributed by atoms with E-state index in [0.717, 1.165) is 25.8 Å². The Labute approximate surface area is 140 Å². The van der Waals surface area contributed by atoms with E-state index in [1.807, 2.05) is 32.6 Å². The minimum absolute atomic E-state index is 0.0924. The fourth-order valence-electron chi connectivity index (χ4n) is 2.71. The summed E-state index contributed by atoms with van der Waals surface area (Å²) < 4.78 is 5.48. The lowest BCUT2D eigenvalue weighted by molar-refractivity contribution is -0.128. The highest BCUT2D eigenvalue weighted by Gasteiger charge is 2.32. The van der Waals surface area contributed by atoms with Gasteiger partial charge in [-0.05, 0) is 53.9 Å². The molecule has 1 N–H and O–H groups in total. The van der Waals surface area contributed by atoms with Crippen LogP contribution in [0.1, 0.15) is 53.9 Å². The Morgan fingerprint density at radius 3 is 2.61 bits per heavy atom. The minimum atomic E-state index is -0.467. The van der Waals surface area contributed by atoms with E-state index in [2.05, 4.69) is 12.2 Å². The van der Waals surface area contributed by atoms with Crippen LogP contribution >= 0.6 is 0 Å². The van der Waals surface area contributed by atoms with Gasteiger partial charge in [-0.3, -0.25) is 4.79 Å². The summed E-state index contributed by atoms with van der Waals surface area (Å²) in [5, 5.41) is 3.26. The Morgan fingerprint density at radius 1 is 1.39 bits per heavy atom. The Kier molecular flexibility index (Phi) is 7.32. The molecule has 0 spiro atoms. The van der Waals surface area contributed by atoms with Gasteiger partial charge in [-0.25, -0.2) is 4.79 Å². The van der Waals surface area contributed by atoms with Crippen LogP contribution in [0.5, 0.6) is 0 Å². The molecule has 2 amide bonds. The smallest absolute Gasteiger partial charge is 0.410 e. The zero-order chi connectivity index (χ0) is 17.6. The molecule has 1 fully saturated rings. The molecule has 0 aromatic heterocycles. The summed E-state index contributed by atoms with van der Waals surface area (Å²) in [7, 11) is 1.80. The van der Waals surface area contributed by atoms with Gasteiger partial charge in [-0.1, -0.05) is 0 Å². The lowest BCUT2D eigenvalue weighted by Gasteiger charge is -2.30. The molecule has 2 unspecified atom stereocenters. The second-order valence-corrected chi connectivity index (χ2v) is 7.40. The first-order chi connectivity index (χ1) is 10.6. The van der Waals surface area contributed by atoms with Crippen LogP contribution in [0.25, 0.3) is 0 Å². The molecule has 0 bridgehead atoms. The molecule has 0 aromatic carbocycles. The molecule has 6 nitrogen and oxygen atoms in total. The van der Waals surface area contributed by atoms with Crippen molar-refractivity contribution in [3.63, 3.8) is 0 Å². The molecule has 1 saturated heterocycles. The number of carbonyl (C=O) groups is 2. The predicted molar refractivity (Wildman–Crippen MR) is 91.4 cm³/mol. The first-order valence-electron chi connectivity index (χ1n) is 8.61. The highest BCUT2D eigenvalue weighted by atomic mass is 16.6. The highest BCUT2D eigenvalue weighted by molar-refractivity contribution is 5.77. The molecule has 6 heteroatoms. The van der Waals surface area contributed by atoms with Crippen LogP contribution in [-0.2, 0) is 9.53 Å². The molecule has 23 heavy (non-hydrogen) atoms. The van der Waals surface area contributed by atoms with Crippen molar-refractivity contribution < 1.29 is 14.3 Å². The van der Waals surface area contributed by atoms with Crippen LogP contribution < -0.4 is 5.32 Å². The van der Waals surface area contributed by atoms with Gasteiger partial charge in [0, 0.05) is 32.2 Å². The third-order valence-electron chi connectivity index (χ3n) is 4.13. The van der Waals surface area contributed by atoms with Crippen LogP contribution in [0.4, 0.5) is 4.79 Å². The molecule has 1 heterocycles. The zero-order valence-electron chi connectivity index (χ0n) is 15.5. The molecule has 0 aromatic rings. The van der Waals surface area contributed by atoms with E-state index in [-0.39, 0.29) is 24.1 Å². The van der Waals surface area contributed by atoms with Gasteiger partial charge in [0.15, 0.2) is 0 Å². The monoisotopic (exact) mass is 327 g/mol. The highest BCUT2D eigenvalue weighted by Crippen LogP contribution is 2.24. The first-order valence-corrected chi connectivity index (χ1v) is 8.61. The van der Waals surface area contributed by atoms with Crippen molar-refractivity contribution in [2.45, 2.75) is 71.6 Å². The van der Waals surface area contributed by atoms with Gasteiger partial charge in [0.05, 0.1) is 6.54 Å². The van der Waals surface area contributed by atoms with Crippen molar-refractivity contribution in [2.24, 2.45) is 0 Å².